The highest BCUT2D eigenvalue weighted by molar-refractivity contribution is 8.02. The molecule has 0 spiro atoms. The molecule has 5 heteroatoms. The van der Waals surface area contributed by atoms with E-state index in [2.05, 4.69) is 21.9 Å². The number of benzene rings is 2. The Kier molecular flexibility index (Phi) is 4.55. The molecule has 0 aromatic heterocycles. The zero-order valence-corrected chi connectivity index (χ0v) is 15.5. The van der Waals surface area contributed by atoms with E-state index in [9.17, 15) is 9.59 Å². The number of allylic oxidation sites excluding steroid dienone is 1. The van der Waals surface area contributed by atoms with Gasteiger partial charge in [-0.3, -0.25) is 9.59 Å². The van der Waals surface area contributed by atoms with Crippen molar-refractivity contribution in [3.63, 3.8) is 0 Å². The molecule has 0 unspecified atom stereocenters. The molecule has 1 fully saturated rings. The number of piperazine rings is 1. The quantitative estimate of drug-likeness (QED) is 0.616. The summed E-state index contributed by atoms with van der Waals surface area (Å²) in [6.45, 7) is 3.34. The number of nitrogens with zero attached hydrogens (tertiary/aromatic N) is 2. The largest absolute Gasteiger partial charge is 0.368 e. The van der Waals surface area contributed by atoms with Crippen molar-refractivity contribution in [1.29, 1.82) is 0 Å². The Balaban J connectivity index is 1.59. The monoisotopic (exact) mass is 364 g/mol. The van der Waals surface area contributed by atoms with Crippen LogP contribution in [0.15, 0.2) is 65.2 Å². The first-order valence-electron chi connectivity index (χ1n) is 8.72. The van der Waals surface area contributed by atoms with E-state index in [1.165, 1.54) is 17.4 Å². The van der Waals surface area contributed by atoms with E-state index in [1.807, 2.05) is 36.6 Å². The molecule has 1 heterocycles. The number of carbonyl (C=O) groups is 2. The lowest BCUT2D eigenvalue weighted by molar-refractivity contribution is 0.0984. The Labute approximate surface area is 157 Å². The van der Waals surface area contributed by atoms with Crippen LogP contribution in [0.25, 0.3) is 0 Å². The lowest BCUT2D eigenvalue weighted by Gasteiger charge is -2.38. The highest BCUT2D eigenvalue weighted by Crippen LogP contribution is 2.34. The number of thioether (sulfide) groups is 1. The molecule has 2 aliphatic rings. The summed E-state index contributed by atoms with van der Waals surface area (Å²) in [5.41, 5.74) is 2.61. The average molecular weight is 364 g/mol. The Morgan fingerprint density at radius 3 is 1.88 bits per heavy atom. The molecule has 0 N–H and O–H groups in total. The van der Waals surface area contributed by atoms with Gasteiger partial charge in [0, 0.05) is 43.0 Å². The fraction of sp³-hybridized carbons (Fsp3) is 0.238. The molecule has 0 amide bonds. The van der Waals surface area contributed by atoms with Gasteiger partial charge in [-0.2, -0.15) is 0 Å². The van der Waals surface area contributed by atoms with Gasteiger partial charge in [-0.05, 0) is 18.4 Å². The van der Waals surface area contributed by atoms with Gasteiger partial charge in [0.05, 0.1) is 5.03 Å². The Morgan fingerprint density at radius 2 is 1.35 bits per heavy atom. The molecule has 1 saturated heterocycles. The normalized spacial score (nSPS) is 16.9. The Hall–Kier alpha value is -2.53. The summed E-state index contributed by atoms with van der Waals surface area (Å²) in [6, 6.07) is 17.4. The topological polar surface area (TPSA) is 40.6 Å². The minimum Gasteiger partial charge on any atom is -0.368 e. The van der Waals surface area contributed by atoms with Gasteiger partial charge < -0.3 is 9.80 Å². The van der Waals surface area contributed by atoms with E-state index in [0.29, 0.717) is 16.7 Å². The zero-order chi connectivity index (χ0) is 18.1. The Morgan fingerprint density at radius 1 is 0.808 bits per heavy atom. The molecule has 1 aliphatic heterocycles. The second-order valence-electron chi connectivity index (χ2n) is 6.40. The number of hydrogen-bond donors (Lipinski definition) is 0. The predicted octanol–water partition coefficient (Wildman–Crippen LogP) is 3.46. The van der Waals surface area contributed by atoms with E-state index in [1.54, 1.807) is 12.1 Å². The number of ketones is 2. The maximum absolute atomic E-state index is 12.8. The van der Waals surface area contributed by atoms with E-state index in [0.717, 1.165) is 31.2 Å². The van der Waals surface area contributed by atoms with Crippen molar-refractivity contribution in [3.05, 3.63) is 76.3 Å². The molecular weight excluding hydrogens is 344 g/mol. The number of fused-ring (bicyclic) bond motifs is 1. The summed E-state index contributed by atoms with van der Waals surface area (Å²) in [5.74, 6) is -0.277. The highest BCUT2D eigenvalue weighted by Gasteiger charge is 2.37. The van der Waals surface area contributed by atoms with Crippen LogP contribution in [-0.4, -0.2) is 48.9 Å². The van der Waals surface area contributed by atoms with Crippen molar-refractivity contribution in [3.8, 4) is 0 Å². The summed E-state index contributed by atoms with van der Waals surface area (Å²) in [4.78, 5) is 30.1. The van der Waals surface area contributed by atoms with Crippen molar-refractivity contribution in [1.82, 2.24) is 4.90 Å². The molecule has 2 aromatic carbocycles. The summed E-state index contributed by atoms with van der Waals surface area (Å²) < 4.78 is 0. The number of anilines is 1. The van der Waals surface area contributed by atoms with Crippen LogP contribution in [0.4, 0.5) is 5.69 Å². The fourth-order valence-electron chi connectivity index (χ4n) is 3.64. The van der Waals surface area contributed by atoms with E-state index in [-0.39, 0.29) is 11.6 Å². The van der Waals surface area contributed by atoms with Crippen LogP contribution in [0.1, 0.15) is 20.7 Å². The molecule has 0 atom stereocenters. The van der Waals surface area contributed by atoms with Gasteiger partial charge >= 0.3 is 0 Å². The average Bonchev–Trinajstić information content (AvgIpc) is 2.95. The molecule has 4 nitrogen and oxygen atoms in total. The maximum atomic E-state index is 12.8. The second-order valence-corrected chi connectivity index (χ2v) is 7.19. The Bertz CT molecular complexity index is 847. The zero-order valence-electron chi connectivity index (χ0n) is 14.6. The third-order valence-corrected chi connectivity index (χ3v) is 5.81. The van der Waals surface area contributed by atoms with Crippen LogP contribution in [0.2, 0.25) is 0 Å². The fourth-order valence-corrected chi connectivity index (χ4v) is 4.47. The molecular formula is C21H20N2O2S. The van der Waals surface area contributed by atoms with Gasteiger partial charge in [-0.1, -0.05) is 42.5 Å². The smallest absolute Gasteiger partial charge is 0.200 e. The van der Waals surface area contributed by atoms with Gasteiger partial charge in [-0.15, -0.1) is 11.8 Å². The standard InChI is InChI=1S/C21H20N2O2S/c1-26-21(18-19(24)16-9-5-6-10-17(16)20(18)25)23-13-11-22(12-14-23)15-7-3-2-4-8-15/h2-10H,11-14H2,1H3. The molecule has 1 aliphatic carbocycles. The first-order chi connectivity index (χ1) is 12.7. The van der Waals surface area contributed by atoms with Crippen LogP contribution < -0.4 is 4.90 Å². The number of Topliss-reactive ketones (excluding diaryl/α,β-unsaturated/α-hetero) is 2. The summed E-state index contributed by atoms with van der Waals surface area (Å²) in [5, 5.41) is 0.809. The summed E-state index contributed by atoms with van der Waals surface area (Å²) >= 11 is 1.49. The molecule has 0 saturated carbocycles. The SMILES string of the molecule is CSC(=C1C(=O)c2ccccc2C1=O)N1CCN(c2ccccc2)CC1. The van der Waals surface area contributed by atoms with Crippen LogP contribution >= 0.6 is 11.8 Å². The van der Waals surface area contributed by atoms with Crippen molar-refractivity contribution in [2.45, 2.75) is 0 Å². The first-order valence-corrected chi connectivity index (χ1v) is 9.95. The lowest BCUT2D eigenvalue weighted by Crippen LogP contribution is -2.46. The van der Waals surface area contributed by atoms with Crippen molar-refractivity contribution in [2.24, 2.45) is 0 Å². The van der Waals surface area contributed by atoms with Crippen LogP contribution in [0, 0.1) is 0 Å². The van der Waals surface area contributed by atoms with Gasteiger partial charge in [0.15, 0.2) is 11.6 Å². The maximum Gasteiger partial charge on any atom is 0.200 e. The first kappa shape index (κ1) is 16.9. The van der Waals surface area contributed by atoms with Crippen molar-refractivity contribution < 1.29 is 9.59 Å². The van der Waals surface area contributed by atoms with Crippen LogP contribution in [0.5, 0.6) is 0 Å². The van der Waals surface area contributed by atoms with Crippen LogP contribution in [0.3, 0.4) is 0 Å². The van der Waals surface area contributed by atoms with Crippen molar-refractivity contribution >= 4 is 29.0 Å². The van der Waals surface area contributed by atoms with Gasteiger partial charge in [0.2, 0.25) is 0 Å². The van der Waals surface area contributed by atoms with Gasteiger partial charge in [0.25, 0.3) is 0 Å². The van der Waals surface area contributed by atoms with E-state index < -0.39 is 0 Å². The number of rotatable bonds is 3. The third-order valence-electron chi connectivity index (χ3n) is 4.97. The molecule has 4 rings (SSSR count). The minimum absolute atomic E-state index is 0.138. The second kappa shape index (κ2) is 7.00. The lowest BCUT2D eigenvalue weighted by atomic mass is 10.1. The van der Waals surface area contributed by atoms with Crippen LogP contribution in [-0.2, 0) is 0 Å². The molecule has 2 aromatic rings. The molecule has 26 heavy (non-hydrogen) atoms. The molecule has 132 valence electrons. The highest BCUT2D eigenvalue weighted by atomic mass is 32.2. The third kappa shape index (κ3) is 2.82. The summed E-state index contributed by atoms with van der Waals surface area (Å²) in [7, 11) is 0. The summed E-state index contributed by atoms with van der Waals surface area (Å²) in [6.07, 6.45) is 1.94. The minimum atomic E-state index is -0.138. The van der Waals surface area contributed by atoms with Gasteiger partial charge in [-0.25, -0.2) is 0 Å². The number of hydrogen-bond acceptors (Lipinski definition) is 5. The molecule has 0 bridgehead atoms. The van der Waals surface area contributed by atoms with E-state index >= 15 is 0 Å². The molecule has 0 radical (unpaired) electrons. The van der Waals surface area contributed by atoms with Crippen molar-refractivity contribution in [2.75, 3.05) is 37.3 Å². The number of carbonyl (C=O) groups excluding carboxylic acids is 2. The van der Waals surface area contributed by atoms with Gasteiger partial charge in [0.1, 0.15) is 5.57 Å². The van der Waals surface area contributed by atoms with E-state index in [4.69, 9.17) is 0 Å². The predicted molar refractivity (Wildman–Crippen MR) is 106 cm³/mol. The number of para-hydroxylation sites is 1.